The van der Waals surface area contributed by atoms with Crippen LogP contribution in [0.5, 0.6) is 5.75 Å². The summed E-state index contributed by atoms with van der Waals surface area (Å²) in [5, 5.41) is 14.2. The van der Waals surface area contributed by atoms with Crippen molar-refractivity contribution in [1.29, 1.82) is 0 Å². The standard InChI is InChI=1S/C24H24N2O3.3CH3.Al/c1-29-22-14-8-13-20(15-22)21(17-27)16-23(28)25-26-24(18-9-4-2-5-10-18)19-11-6-3-7-12-19;;;;/h2-15,21,27H,16-17H2,1H3,(H,25,28);3*1H3;. The van der Waals surface area contributed by atoms with E-state index in [-0.39, 0.29) is 39.0 Å². The summed E-state index contributed by atoms with van der Waals surface area (Å²) in [6, 6.07) is 26.8. The molecule has 0 aliphatic rings. The number of carbonyl (C=O) groups excluding carboxylic acids is 1. The van der Waals surface area contributed by atoms with Gasteiger partial charge in [0.05, 0.1) is 19.4 Å². The third kappa shape index (κ3) is 9.23. The largest absolute Gasteiger partial charge is 0.497 e. The summed E-state index contributed by atoms with van der Waals surface area (Å²) in [5.41, 5.74) is 5.99. The van der Waals surface area contributed by atoms with Crippen LogP contribution >= 0.6 is 0 Å². The van der Waals surface area contributed by atoms with Crippen molar-refractivity contribution >= 4 is 25.8 Å². The van der Waals surface area contributed by atoms with Crippen LogP contribution in [0.2, 0.25) is 17.4 Å². The molecule has 2 N–H and O–H groups in total. The zero-order valence-electron chi connectivity index (χ0n) is 19.9. The lowest BCUT2D eigenvalue weighted by atomic mass is 9.96. The lowest BCUT2D eigenvalue weighted by molar-refractivity contribution is -0.121. The van der Waals surface area contributed by atoms with E-state index >= 15 is 0 Å². The molecule has 5 nitrogen and oxygen atoms in total. The van der Waals surface area contributed by atoms with Crippen molar-refractivity contribution in [1.82, 2.24) is 5.43 Å². The van der Waals surface area contributed by atoms with E-state index in [0.29, 0.717) is 11.5 Å². The van der Waals surface area contributed by atoms with Gasteiger partial charge in [-0.2, -0.15) is 5.10 Å². The topological polar surface area (TPSA) is 70.9 Å². The van der Waals surface area contributed by atoms with Gasteiger partial charge < -0.3 is 9.84 Å². The fourth-order valence-corrected chi connectivity index (χ4v) is 3.06. The molecule has 3 aromatic carbocycles. The number of aliphatic hydroxyl groups is 1. The first-order valence-electron chi connectivity index (χ1n) is 11.2. The third-order valence-electron chi connectivity index (χ3n) is 4.60. The average molecular weight is 461 g/mol. The molecule has 6 heteroatoms. The van der Waals surface area contributed by atoms with Crippen LogP contribution in [0.1, 0.15) is 29.0 Å². The van der Waals surface area contributed by atoms with Crippen molar-refractivity contribution in [2.75, 3.05) is 13.7 Å². The second-order valence-electron chi connectivity index (χ2n) is 8.32. The number of methoxy groups -OCH3 is 1. The molecular weight excluding hydrogens is 427 g/mol. The highest BCUT2D eigenvalue weighted by atomic mass is 27.2. The van der Waals surface area contributed by atoms with Gasteiger partial charge in [-0.15, -0.1) is 17.4 Å². The number of amides is 1. The predicted octanol–water partition coefficient (Wildman–Crippen LogP) is 5.10. The average Bonchev–Trinajstić information content (AvgIpc) is 2.83. The molecule has 0 radical (unpaired) electrons. The number of aliphatic hydroxyl groups excluding tert-OH is 1. The van der Waals surface area contributed by atoms with Gasteiger partial charge in [-0.05, 0) is 17.7 Å². The molecule has 0 heterocycles. The third-order valence-corrected chi connectivity index (χ3v) is 4.60. The van der Waals surface area contributed by atoms with Crippen molar-refractivity contribution in [3.05, 3.63) is 102 Å². The molecular formula is C27H33AlN2O3. The summed E-state index contributed by atoms with van der Waals surface area (Å²) in [6.07, 6.45) is 0.115. The first-order chi connectivity index (χ1) is 15.9. The number of ether oxygens (including phenoxy) is 1. The number of nitrogens with one attached hydrogen (secondary N) is 1. The molecule has 0 spiro atoms. The maximum absolute atomic E-state index is 12.5. The van der Waals surface area contributed by atoms with Crippen LogP contribution in [-0.2, 0) is 4.79 Å². The van der Waals surface area contributed by atoms with Gasteiger partial charge in [0.25, 0.3) is 14.1 Å². The van der Waals surface area contributed by atoms with Gasteiger partial charge in [0.2, 0.25) is 5.91 Å². The SMILES string of the molecule is COc1cccc(C(CO)CC(=O)NN=C(c2ccccc2)c2ccccc2)c1.[CH3][Al]([CH3])[CH3]. The van der Waals surface area contributed by atoms with Crippen LogP contribution in [0.4, 0.5) is 0 Å². The zero-order valence-corrected chi connectivity index (χ0v) is 21.0. The van der Waals surface area contributed by atoms with Crippen molar-refractivity contribution < 1.29 is 14.6 Å². The molecule has 0 fully saturated rings. The monoisotopic (exact) mass is 460 g/mol. The number of hydrogen-bond donors (Lipinski definition) is 2. The van der Waals surface area contributed by atoms with Gasteiger partial charge in [0.1, 0.15) is 5.75 Å². The second-order valence-corrected chi connectivity index (χ2v) is 11.8. The Bertz CT molecular complexity index is 964. The Kier molecular flexibility index (Phi) is 11.4. The van der Waals surface area contributed by atoms with Gasteiger partial charge in [0, 0.05) is 23.5 Å². The fraction of sp³-hybridized carbons (Fsp3) is 0.259. The number of hydrogen-bond acceptors (Lipinski definition) is 4. The molecule has 0 aromatic heterocycles. The van der Waals surface area contributed by atoms with E-state index in [1.54, 1.807) is 7.11 Å². The lowest BCUT2D eigenvalue weighted by Crippen LogP contribution is -2.23. The molecule has 172 valence electrons. The zero-order chi connectivity index (χ0) is 24.1. The van der Waals surface area contributed by atoms with E-state index in [0.717, 1.165) is 16.7 Å². The van der Waals surface area contributed by atoms with E-state index < -0.39 is 0 Å². The molecule has 1 atom stereocenters. The molecule has 3 rings (SSSR count). The number of benzene rings is 3. The summed E-state index contributed by atoms with van der Waals surface area (Å²) in [4.78, 5) is 12.5. The van der Waals surface area contributed by atoms with Gasteiger partial charge in [-0.3, -0.25) is 4.79 Å². The van der Waals surface area contributed by atoms with E-state index in [1.807, 2.05) is 84.9 Å². The van der Waals surface area contributed by atoms with Gasteiger partial charge in [-0.25, -0.2) is 5.43 Å². The Hall–Kier alpha value is -2.91. The Morgan fingerprint density at radius 2 is 1.48 bits per heavy atom. The van der Waals surface area contributed by atoms with Crippen LogP contribution in [0, 0.1) is 0 Å². The van der Waals surface area contributed by atoms with Crippen molar-refractivity contribution in [2.45, 2.75) is 29.7 Å². The minimum absolute atomic E-state index is 0.115. The Morgan fingerprint density at radius 1 is 0.939 bits per heavy atom. The van der Waals surface area contributed by atoms with Crippen LogP contribution < -0.4 is 10.2 Å². The summed E-state index contributed by atoms with van der Waals surface area (Å²) in [5.74, 6) is 7.00. The van der Waals surface area contributed by atoms with E-state index in [9.17, 15) is 9.90 Å². The Labute approximate surface area is 201 Å². The Balaban J connectivity index is 0.000000890. The van der Waals surface area contributed by atoms with Gasteiger partial charge >= 0.3 is 0 Å². The first kappa shape index (κ1) is 26.3. The minimum Gasteiger partial charge on any atom is -0.497 e. The quantitative estimate of drug-likeness (QED) is 0.279. The summed E-state index contributed by atoms with van der Waals surface area (Å²) in [7, 11) is 1.59. The lowest BCUT2D eigenvalue weighted by Gasteiger charge is -2.15. The van der Waals surface area contributed by atoms with Crippen molar-refractivity contribution in [2.24, 2.45) is 5.10 Å². The van der Waals surface area contributed by atoms with Crippen LogP contribution in [-0.4, -0.2) is 44.6 Å². The Morgan fingerprint density at radius 3 is 1.97 bits per heavy atom. The molecule has 0 saturated heterocycles. The normalized spacial score (nSPS) is 10.8. The molecule has 0 saturated carbocycles. The summed E-state index contributed by atoms with van der Waals surface area (Å²) >= 11 is -0.139. The highest BCUT2D eigenvalue weighted by Gasteiger charge is 2.16. The molecule has 1 amide bonds. The van der Waals surface area contributed by atoms with Crippen LogP contribution in [0.3, 0.4) is 0 Å². The number of nitrogens with zero attached hydrogens (tertiary/aromatic N) is 1. The van der Waals surface area contributed by atoms with E-state index in [2.05, 4.69) is 27.9 Å². The number of hydrazone groups is 1. The van der Waals surface area contributed by atoms with Gasteiger partial charge in [0.15, 0.2) is 0 Å². The molecule has 0 aliphatic carbocycles. The highest BCUT2D eigenvalue weighted by molar-refractivity contribution is 6.54. The van der Waals surface area contributed by atoms with E-state index in [1.165, 1.54) is 0 Å². The molecule has 1 unspecified atom stereocenters. The maximum Gasteiger partial charge on any atom is 0.251 e. The smallest absolute Gasteiger partial charge is 0.251 e. The summed E-state index contributed by atoms with van der Waals surface area (Å²) in [6.45, 7) is -0.144. The molecule has 33 heavy (non-hydrogen) atoms. The number of carbonyl (C=O) groups is 1. The predicted molar refractivity (Wildman–Crippen MR) is 137 cm³/mol. The molecule has 3 aromatic rings. The number of rotatable bonds is 8. The molecule has 0 bridgehead atoms. The second kappa shape index (κ2) is 14.3. The highest BCUT2D eigenvalue weighted by Crippen LogP contribution is 2.23. The first-order valence-corrected chi connectivity index (χ1v) is 14.6. The molecule has 0 aliphatic heterocycles. The van der Waals surface area contributed by atoms with E-state index in [4.69, 9.17) is 4.74 Å². The van der Waals surface area contributed by atoms with Crippen molar-refractivity contribution in [3.63, 3.8) is 0 Å². The van der Waals surface area contributed by atoms with Crippen molar-refractivity contribution in [3.8, 4) is 5.75 Å². The van der Waals surface area contributed by atoms with Gasteiger partial charge in [-0.1, -0.05) is 72.8 Å². The minimum atomic E-state index is -0.336. The maximum atomic E-state index is 12.5. The van der Waals surface area contributed by atoms with Crippen LogP contribution in [0.15, 0.2) is 90.0 Å². The fourth-order valence-electron chi connectivity index (χ4n) is 3.06. The van der Waals surface area contributed by atoms with Crippen LogP contribution in [0.25, 0.3) is 0 Å². The summed E-state index contributed by atoms with van der Waals surface area (Å²) < 4.78 is 5.23.